The lowest BCUT2D eigenvalue weighted by Crippen LogP contribution is -2.49. The third-order valence-corrected chi connectivity index (χ3v) is 4.65. The van der Waals surface area contributed by atoms with Crippen LogP contribution < -0.4 is 5.32 Å². The molecule has 5 nitrogen and oxygen atoms in total. The van der Waals surface area contributed by atoms with Gasteiger partial charge in [-0.15, -0.1) is 0 Å². The van der Waals surface area contributed by atoms with E-state index in [2.05, 4.69) is 51.9 Å². The molecular formula is C16H29N5. The number of nitrogens with one attached hydrogen (secondary N) is 1. The van der Waals surface area contributed by atoms with Gasteiger partial charge in [-0.3, -0.25) is 14.5 Å². The zero-order chi connectivity index (χ0) is 14.9. The van der Waals surface area contributed by atoms with Crippen molar-refractivity contribution in [3.8, 4) is 0 Å². The maximum absolute atomic E-state index is 4.51. The summed E-state index contributed by atoms with van der Waals surface area (Å²) in [6.45, 7) is 14.8. The Morgan fingerprint density at radius 1 is 1.24 bits per heavy atom. The zero-order valence-corrected chi connectivity index (χ0v) is 13.7. The Balaban J connectivity index is 1.53. The Kier molecular flexibility index (Phi) is 4.33. The highest BCUT2D eigenvalue weighted by Gasteiger charge is 2.28. The van der Waals surface area contributed by atoms with Crippen LogP contribution in [0.15, 0.2) is 12.4 Å². The molecule has 1 unspecified atom stereocenters. The van der Waals surface area contributed by atoms with Crippen molar-refractivity contribution >= 4 is 0 Å². The van der Waals surface area contributed by atoms with Crippen molar-refractivity contribution in [1.82, 2.24) is 24.9 Å². The summed E-state index contributed by atoms with van der Waals surface area (Å²) in [5.41, 5.74) is 1.41. The van der Waals surface area contributed by atoms with Crippen LogP contribution in [0.3, 0.4) is 0 Å². The Bertz CT molecular complexity index is 455. The minimum atomic E-state index is 0.0760. The van der Waals surface area contributed by atoms with E-state index >= 15 is 0 Å². The first-order valence-corrected chi connectivity index (χ1v) is 8.23. The molecule has 2 saturated heterocycles. The Hall–Kier alpha value is -0.910. The summed E-state index contributed by atoms with van der Waals surface area (Å²) < 4.78 is 2.08. The fourth-order valence-electron chi connectivity index (χ4n) is 3.37. The van der Waals surface area contributed by atoms with Gasteiger partial charge < -0.3 is 5.32 Å². The third-order valence-electron chi connectivity index (χ3n) is 4.65. The van der Waals surface area contributed by atoms with Gasteiger partial charge >= 0.3 is 0 Å². The molecule has 2 aliphatic rings. The van der Waals surface area contributed by atoms with Gasteiger partial charge in [0.15, 0.2) is 0 Å². The van der Waals surface area contributed by atoms with Gasteiger partial charge in [-0.1, -0.05) is 0 Å². The number of hydrogen-bond acceptors (Lipinski definition) is 4. The number of nitrogens with zero attached hydrogens (tertiary/aromatic N) is 4. The zero-order valence-electron chi connectivity index (χ0n) is 13.7. The molecule has 1 aromatic rings. The molecule has 0 aliphatic carbocycles. The van der Waals surface area contributed by atoms with Crippen LogP contribution in [0.25, 0.3) is 0 Å². The van der Waals surface area contributed by atoms with Gasteiger partial charge in [0.2, 0.25) is 0 Å². The van der Waals surface area contributed by atoms with Gasteiger partial charge in [-0.05, 0) is 27.2 Å². The smallest absolute Gasteiger partial charge is 0.0543 e. The molecule has 0 radical (unpaired) electrons. The molecule has 0 bridgehead atoms. The second-order valence-corrected chi connectivity index (χ2v) is 7.43. The summed E-state index contributed by atoms with van der Waals surface area (Å²) in [5, 5.41) is 7.95. The van der Waals surface area contributed by atoms with Crippen molar-refractivity contribution in [2.75, 3.05) is 39.3 Å². The fourth-order valence-corrected chi connectivity index (χ4v) is 3.37. The van der Waals surface area contributed by atoms with Crippen LogP contribution in [0.4, 0.5) is 0 Å². The van der Waals surface area contributed by atoms with E-state index in [-0.39, 0.29) is 5.54 Å². The highest BCUT2D eigenvalue weighted by atomic mass is 15.3. The van der Waals surface area contributed by atoms with Crippen LogP contribution in [0.1, 0.15) is 32.8 Å². The lowest BCUT2D eigenvalue weighted by molar-refractivity contribution is 0.170. The average Bonchev–Trinajstić information content (AvgIpc) is 3.09. The quantitative estimate of drug-likeness (QED) is 0.905. The van der Waals surface area contributed by atoms with E-state index in [9.17, 15) is 0 Å². The minimum absolute atomic E-state index is 0.0760. The molecule has 0 saturated carbocycles. The van der Waals surface area contributed by atoms with Crippen molar-refractivity contribution in [1.29, 1.82) is 0 Å². The lowest BCUT2D eigenvalue weighted by atomic mass is 10.1. The number of aromatic nitrogens is 2. The van der Waals surface area contributed by atoms with Crippen LogP contribution in [0, 0.1) is 0 Å². The van der Waals surface area contributed by atoms with Gasteiger partial charge in [-0.25, -0.2) is 0 Å². The molecule has 1 N–H and O–H groups in total. The van der Waals surface area contributed by atoms with Crippen molar-refractivity contribution < 1.29 is 0 Å². The Morgan fingerprint density at radius 3 is 2.67 bits per heavy atom. The van der Waals surface area contributed by atoms with Crippen molar-refractivity contribution in [3.05, 3.63) is 18.0 Å². The van der Waals surface area contributed by atoms with Crippen LogP contribution >= 0.6 is 0 Å². The van der Waals surface area contributed by atoms with E-state index in [0.717, 1.165) is 25.7 Å². The molecule has 2 aliphatic heterocycles. The molecule has 1 atom stereocenters. The molecule has 21 heavy (non-hydrogen) atoms. The topological polar surface area (TPSA) is 36.3 Å². The van der Waals surface area contributed by atoms with Gasteiger partial charge in [0.1, 0.15) is 0 Å². The molecule has 0 aromatic carbocycles. The molecule has 3 heterocycles. The van der Waals surface area contributed by atoms with E-state index in [1.165, 1.54) is 38.2 Å². The van der Waals surface area contributed by atoms with Crippen LogP contribution in [-0.2, 0) is 12.1 Å². The molecule has 2 fully saturated rings. The molecule has 1 aromatic heterocycles. The molecule has 0 amide bonds. The van der Waals surface area contributed by atoms with Crippen molar-refractivity contribution in [2.24, 2.45) is 0 Å². The summed E-state index contributed by atoms with van der Waals surface area (Å²) in [6, 6.07) is 0.754. The monoisotopic (exact) mass is 291 g/mol. The van der Waals surface area contributed by atoms with E-state index in [0.29, 0.717) is 0 Å². The minimum Gasteiger partial charge on any atom is -0.314 e. The number of rotatable bonds is 3. The number of piperazine rings is 1. The van der Waals surface area contributed by atoms with Crippen molar-refractivity contribution in [3.63, 3.8) is 0 Å². The second-order valence-electron chi connectivity index (χ2n) is 7.43. The Morgan fingerprint density at radius 2 is 2.00 bits per heavy atom. The summed E-state index contributed by atoms with van der Waals surface area (Å²) >= 11 is 0. The second kappa shape index (κ2) is 6.07. The van der Waals surface area contributed by atoms with E-state index in [1.807, 2.05) is 6.20 Å². The largest absolute Gasteiger partial charge is 0.314 e. The van der Waals surface area contributed by atoms with Gasteiger partial charge in [-0.2, -0.15) is 5.10 Å². The maximum Gasteiger partial charge on any atom is 0.0543 e. The number of likely N-dealkylation sites (tertiary alicyclic amines) is 1. The predicted molar refractivity (Wildman–Crippen MR) is 85.3 cm³/mol. The predicted octanol–water partition coefficient (Wildman–Crippen LogP) is 1.12. The van der Waals surface area contributed by atoms with E-state index < -0.39 is 0 Å². The molecule has 5 heteroatoms. The van der Waals surface area contributed by atoms with Crippen molar-refractivity contribution in [2.45, 2.75) is 45.3 Å². The van der Waals surface area contributed by atoms with Gasteiger partial charge in [0.25, 0.3) is 0 Å². The fraction of sp³-hybridized carbons (Fsp3) is 0.812. The average molecular weight is 291 g/mol. The first-order chi connectivity index (χ1) is 10.0. The SMILES string of the molecule is CC(C)(C)n1cc(CN2CCC(N3CCNCC3)C2)cn1. The summed E-state index contributed by atoms with van der Waals surface area (Å²) in [4.78, 5) is 5.24. The molecule has 0 spiro atoms. The van der Waals surface area contributed by atoms with Crippen LogP contribution in [0.2, 0.25) is 0 Å². The standard InChI is InChI=1S/C16H29N5/c1-16(2,3)21-12-14(10-18-21)11-19-7-4-15(13-19)20-8-5-17-6-9-20/h10,12,15,17H,4-9,11,13H2,1-3H3. The summed E-state index contributed by atoms with van der Waals surface area (Å²) in [7, 11) is 0. The lowest BCUT2D eigenvalue weighted by Gasteiger charge is -2.32. The normalized spacial score (nSPS) is 25.6. The third kappa shape index (κ3) is 3.65. The number of hydrogen-bond donors (Lipinski definition) is 1. The highest BCUT2D eigenvalue weighted by Crippen LogP contribution is 2.19. The van der Waals surface area contributed by atoms with Gasteiger partial charge in [0.05, 0.1) is 11.7 Å². The molecular weight excluding hydrogens is 262 g/mol. The highest BCUT2D eigenvalue weighted by molar-refractivity contribution is 5.06. The maximum atomic E-state index is 4.51. The van der Waals surface area contributed by atoms with Gasteiger partial charge in [0, 0.05) is 63.6 Å². The first kappa shape index (κ1) is 15.0. The summed E-state index contributed by atoms with van der Waals surface area (Å²) in [6.07, 6.45) is 5.55. The Labute approximate surface area is 128 Å². The van der Waals surface area contributed by atoms with E-state index in [4.69, 9.17) is 0 Å². The molecule has 3 rings (SSSR count). The first-order valence-electron chi connectivity index (χ1n) is 8.23. The van der Waals surface area contributed by atoms with E-state index in [1.54, 1.807) is 0 Å². The van der Waals surface area contributed by atoms with Crippen LogP contribution in [-0.4, -0.2) is 64.9 Å². The molecule has 118 valence electrons. The summed E-state index contributed by atoms with van der Waals surface area (Å²) in [5.74, 6) is 0. The van der Waals surface area contributed by atoms with Crippen LogP contribution in [0.5, 0.6) is 0 Å².